The van der Waals surface area contributed by atoms with E-state index in [0.717, 1.165) is 37.7 Å². The molecule has 0 spiro atoms. The topological polar surface area (TPSA) is 35.0 Å². The van der Waals surface area contributed by atoms with Gasteiger partial charge in [0, 0.05) is 24.2 Å². The van der Waals surface area contributed by atoms with Gasteiger partial charge in [-0.1, -0.05) is 82.6 Å². The SMILES string of the molecule is CCCCCCCCc1ccc(-c2nccc(OCCCCCCCC(F)F)n2)cc1. The Hall–Kier alpha value is -2.04. The maximum atomic E-state index is 12.1. The van der Waals surface area contributed by atoms with Crippen LogP contribution < -0.4 is 4.74 Å². The van der Waals surface area contributed by atoms with E-state index in [0.29, 0.717) is 24.7 Å². The largest absolute Gasteiger partial charge is 0.478 e. The molecule has 0 radical (unpaired) electrons. The van der Waals surface area contributed by atoms with Gasteiger partial charge in [0.05, 0.1) is 6.61 Å². The summed E-state index contributed by atoms with van der Waals surface area (Å²) in [5.74, 6) is 1.26. The molecule has 172 valence electrons. The molecule has 0 amide bonds. The van der Waals surface area contributed by atoms with Crippen LogP contribution in [0.3, 0.4) is 0 Å². The highest BCUT2D eigenvalue weighted by Crippen LogP contribution is 2.19. The van der Waals surface area contributed by atoms with Crippen LogP contribution in [0.1, 0.15) is 89.5 Å². The van der Waals surface area contributed by atoms with E-state index in [9.17, 15) is 8.78 Å². The molecule has 0 saturated heterocycles. The maximum Gasteiger partial charge on any atom is 0.238 e. The molecule has 5 heteroatoms. The monoisotopic (exact) mass is 432 g/mol. The third-order valence-corrected chi connectivity index (χ3v) is 5.48. The van der Waals surface area contributed by atoms with E-state index < -0.39 is 6.43 Å². The number of hydrogen-bond acceptors (Lipinski definition) is 3. The molecule has 0 unspecified atom stereocenters. The van der Waals surface area contributed by atoms with Crippen LogP contribution in [0.2, 0.25) is 0 Å². The first-order valence-electron chi connectivity index (χ1n) is 12.0. The number of aryl methyl sites for hydroxylation is 1. The van der Waals surface area contributed by atoms with Gasteiger partial charge in [-0.3, -0.25) is 0 Å². The van der Waals surface area contributed by atoms with Crippen molar-refractivity contribution in [3.05, 3.63) is 42.1 Å². The Morgan fingerprint density at radius 3 is 2.23 bits per heavy atom. The molecule has 2 rings (SSSR count). The van der Waals surface area contributed by atoms with Gasteiger partial charge in [0.2, 0.25) is 12.3 Å². The Morgan fingerprint density at radius 2 is 1.48 bits per heavy atom. The normalized spacial score (nSPS) is 11.2. The van der Waals surface area contributed by atoms with E-state index in [2.05, 4.69) is 41.2 Å². The minimum Gasteiger partial charge on any atom is -0.478 e. The zero-order chi connectivity index (χ0) is 22.2. The Kier molecular flexibility index (Phi) is 12.8. The first-order chi connectivity index (χ1) is 15.2. The molecule has 0 fully saturated rings. The van der Waals surface area contributed by atoms with E-state index in [-0.39, 0.29) is 6.42 Å². The van der Waals surface area contributed by atoms with Gasteiger partial charge in [-0.15, -0.1) is 0 Å². The van der Waals surface area contributed by atoms with Gasteiger partial charge in [-0.2, -0.15) is 4.98 Å². The summed E-state index contributed by atoms with van der Waals surface area (Å²) in [5, 5.41) is 0. The van der Waals surface area contributed by atoms with E-state index in [4.69, 9.17) is 4.74 Å². The molecule has 0 aliphatic rings. The van der Waals surface area contributed by atoms with Crippen LogP contribution in [0.25, 0.3) is 11.4 Å². The van der Waals surface area contributed by atoms with Crippen molar-refractivity contribution in [2.24, 2.45) is 0 Å². The molecule has 0 N–H and O–H groups in total. The zero-order valence-electron chi connectivity index (χ0n) is 19.0. The number of rotatable bonds is 17. The lowest BCUT2D eigenvalue weighted by molar-refractivity contribution is 0.133. The second kappa shape index (κ2) is 15.7. The highest BCUT2D eigenvalue weighted by atomic mass is 19.3. The summed E-state index contributed by atoms with van der Waals surface area (Å²) in [6.45, 7) is 2.83. The molecular formula is C26H38F2N2O. The predicted octanol–water partition coefficient (Wildman–Crippen LogP) is 8.03. The van der Waals surface area contributed by atoms with E-state index in [1.807, 2.05) is 0 Å². The highest BCUT2D eigenvalue weighted by molar-refractivity contribution is 5.55. The first kappa shape index (κ1) is 25.2. The number of unbranched alkanes of at least 4 members (excludes halogenated alkanes) is 9. The van der Waals surface area contributed by atoms with Crippen LogP contribution in [-0.2, 0) is 6.42 Å². The van der Waals surface area contributed by atoms with Crippen LogP contribution in [0.5, 0.6) is 5.88 Å². The van der Waals surface area contributed by atoms with Crippen LogP contribution >= 0.6 is 0 Å². The summed E-state index contributed by atoms with van der Waals surface area (Å²) >= 11 is 0. The highest BCUT2D eigenvalue weighted by Gasteiger charge is 2.05. The number of nitrogens with zero attached hydrogens (tertiary/aromatic N) is 2. The number of aromatic nitrogens is 2. The third-order valence-electron chi connectivity index (χ3n) is 5.48. The summed E-state index contributed by atoms with van der Waals surface area (Å²) in [4.78, 5) is 8.91. The van der Waals surface area contributed by atoms with Gasteiger partial charge in [0.15, 0.2) is 5.82 Å². The van der Waals surface area contributed by atoms with Crippen molar-refractivity contribution < 1.29 is 13.5 Å². The van der Waals surface area contributed by atoms with Crippen molar-refractivity contribution in [1.29, 1.82) is 0 Å². The van der Waals surface area contributed by atoms with Crippen molar-refractivity contribution >= 4 is 0 Å². The fourth-order valence-electron chi connectivity index (χ4n) is 3.60. The van der Waals surface area contributed by atoms with Gasteiger partial charge >= 0.3 is 0 Å². The van der Waals surface area contributed by atoms with Crippen molar-refractivity contribution in [3.8, 4) is 17.3 Å². The Balaban J connectivity index is 1.68. The number of ether oxygens (including phenoxy) is 1. The molecule has 1 heterocycles. The van der Waals surface area contributed by atoms with Crippen molar-refractivity contribution in [2.45, 2.75) is 96.8 Å². The molecule has 31 heavy (non-hydrogen) atoms. The summed E-state index contributed by atoms with van der Waals surface area (Å²) in [6, 6.07) is 10.3. The fourth-order valence-corrected chi connectivity index (χ4v) is 3.60. The molecule has 2 aromatic rings. The summed E-state index contributed by atoms with van der Waals surface area (Å²) in [6.07, 6.45) is 12.9. The molecule has 0 atom stereocenters. The van der Waals surface area contributed by atoms with Gasteiger partial charge in [0.25, 0.3) is 0 Å². The average Bonchev–Trinajstić information content (AvgIpc) is 2.78. The average molecular weight is 433 g/mol. The molecule has 0 bridgehead atoms. The number of hydrogen-bond donors (Lipinski definition) is 0. The molecule has 0 aliphatic heterocycles. The van der Waals surface area contributed by atoms with Crippen LogP contribution in [0.15, 0.2) is 36.5 Å². The molecule has 0 aliphatic carbocycles. The van der Waals surface area contributed by atoms with Crippen molar-refractivity contribution in [3.63, 3.8) is 0 Å². The third kappa shape index (κ3) is 11.2. The Morgan fingerprint density at radius 1 is 0.806 bits per heavy atom. The maximum absolute atomic E-state index is 12.1. The van der Waals surface area contributed by atoms with Gasteiger partial charge in [-0.25, -0.2) is 13.8 Å². The Labute approximate surface area is 186 Å². The molecule has 1 aromatic heterocycles. The van der Waals surface area contributed by atoms with Crippen molar-refractivity contribution in [2.75, 3.05) is 6.61 Å². The van der Waals surface area contributed by atoms with E-state index in [1.165, 1.54) is 44.1 Å². The fraction of sp³-hybridized carbons (Fsp3) is 0.615. The Bertz CT molecular complexity index is 707. The zero-order valence-corrected chi connectivity index (χ0v) is 19.0. The molecule has 3 nitrogen and oxygen atoms in total. The predicted molar refractivity (Wildman–Crippen MR) is 124 cm³/mol. The minimum absolute atomic E-state index is 0.0141. The van der Waals surface area contributed by atoms with Gasteiger partial charge < -0.3 is 4.74 Å². The molecular weight excluding hydrogens is 394 g/mol. The van der Waals surface area contributed by atoms with Crippen LogP contribution in [-0.4, -0.2) is 23.0 Å². The number of halogens is 2. The lowest BCUT2D eigenvalue weighted by Gasteiger charge is -2.08. The van der Waals surface area contributed by atoms with E-state index in [1.54, 1.807) is 12.3 Å². The van der Waals surface area contributed by atoms with Crippen molar-refractivity contribution in [1.82, 2.24) is 9.97 Å². The summed E-state index contributed by atoms with van der Waals surface area (Å²) in [5.41, 5.74) is 2.36. The smallest absolute Gasteiger partial charge is 0.238 e. The lowest BCUT2D eigenvalue weighted by atomic mass is 10.0. The molecule has 0 saturated carbocycles. The molecule has 1 aromatic carbocycles. The van der Waals surface area contributed by atoms with Crippen LogP contribution in [0.4, 0.5) is 8.78 Å². The minimum atomic E-state index is -2.17. The summed E-state index contributed by atoms with van der Waals surface area (Å²) in [7, 11) is 0. The first-order valence-corrected chi connectivity index (χ1v) is 12.0. The second-order valence-corrected chi connectivity index (χ2v) is 8.23. The lowest BCUT2D eigenvalue weighted by Crippen LogP contribution is -2.01. The van der Waals surface area contributed by atoms with Gasteiger partial charge in [-0.05, 0) is 31.2 Å². The van der Waals surface area contributed by atoms with Gasteiger partial charge in [0.1, 0.15) is 0 Å². The van der Waals surface area contributed by atoms with E-state index >= 15 is 0 Å². The quantitative estimate of drug-likeness (QED) is 0.237. The van der Waals surface area contributed by atoms with Crippen LogP contribution in [0, 0.1) is 0 Å². The standard InChI is InChI=1S/C26H38F2N2O/c1-2-3-4-5-7-10-13-22-15-17-23(18-16-22)26-29-20-19-25(30-26)31-21-12-9-6-8-11-14-24(27)28/h15-20,24H,2-14,21H2,1H3. The number of benzene rings is 1. The summed E-state index contributed by atoms with van der Waals surface area (Å²) < 4.78 is 29.9. The second-order valence-electron chi connectivity index (χ2n) is 8.23. The number of alkyl halides is 2.